The van der Waals surface area contributed by atoms with Crippen LogP contribution in [0.3, 0.4) is 0 Å². The van der Waals surface area contributed by atoms with Crippen molar-refractivity contribution in [3.63, 3.8) is 0 Å². The Morgan fingerprint density at radius 2 is 1.80 bits per heavy atom. The predicted octanol–water partition coefficient (Wildman–Crippen LogP) is 3.46. The molecule has 0 fully saturated rings. The van der Waals surface area contributed by atoms with E-state index >= 15 is 0 Å². The van der Waals surface area contributed by atoms with E-state index in [0.29, 0.717) is 18.2 Å². The Bertz CT molecular complexity index is 166. The number of carbonyl (C=O) groups excluding carboxylic acids is 1. The van der Waals surface area contributed by atoms with Crippen LogP contribution in [0, 0.1) is 5.92 Å². The summed E-state index contributed by atoms with van der Waals surface area (Å²) < 4.78 is 0. The molecular formula is C13H27NO. The van der Waals surface area contributed by atoms with Crippen molar-refractivity contribution in [2.45, 2.75) is 59.8 Å². The fourth-order valence-corrected chi connectivity index (χ4v) is 1.67. The van der Waals surface area contributed by atoms with Crippen LogP contribution in [0.4, 0.5) is 0 Å². The fraction of sp³-hybridized carbons (Fsp3) is 0.923. The van der Waals surface area contributed by atoms with Crippen molar-refractivity contribution in [1.82, 2.24) is 4.90 Å². The molecule has 0 aliphatic heterocycles. The minimum Gasteiger partial charge on any atom is -0.343 e. The lowest BCUT2D eigenvalue weighted by Crippen LogP contribution is -2.32. The molecule has 0 saturated carbocycles. The predicted molar refractivity (Wildman–Crippen MR) is 65.9 cm³/mol. The highest BCUT2D eigenvalue weighted by atomic mass is 16.2. The Labute approximate surface area is 95.0 Å². The highest BCUT2D eigenvalue weighted by Crippen LogP contribution is 2.06. The standard InChI is InChI=1S/C13H27NO/c1-5-7-8-9-10-14(6-2)13(15)11-12(3)4/h12H,5-11H2,1-4H3. The van der Waals surface area contributed by atoms with Crippen LogP contribution in [0.15, 0.2) is 0 Å². The second-order valence-electron chi connectivity index (χ2n) is 4.63. The average Bonchev–Trinajstić information content (AvgIpc) is 2.16. The van der Waals surface area contributed by atoms with Gasteiger partial charge in [0.05, 0.1) is 0 Å². The van der Waals surface area contributed by atoms with Crippen LogP contribution in [0.2, 0.25) is 0 Å². The third-order valence-electron chi connectivity index (χ3n) is 2.60. The van der Waals surface area contributed by atoms with Crippen LogP contribution < -0.4 is 0 Å². The molecule has 0 aliphatic carbocycles. The summed E-state index contributed by atoms with van der Waals surface area (Å²) in [5, 5.41) is 0. The van der Waals surface area contributed by atoms with E-state index in [2.05, 4.69) is 27.7 Å². The second-order valence-corrected chi connectivity index (χ2v) is 4.63. The summed E-state index contributed by atoms with van der Waals surface area (Å²) in [6.07, 6.45) is 5.65. The highest BCUT2D eigenvalue weighted by Gasteiger charge is 2.12. The molecule has 0 radical (unpaired) electrons. The summed E-state index contributed by atoms with van der Waals surface area (Å²) >= 11 is 0. The molecule has 0 N–H and O–H groups in total. The number of unbranched alkanes of at least 4 members (excludes halogenated alkanes) is 3. The summed E-state index contributed by atoms with van der Waals surface area (Å²) in [5.41, 5.74) is 0. The molecule has 0 atom stereocenters. The van der Waals surface area contributed by atoms with Crippen LogP contribution in [0.25, 0.3) is 0 Å². The summed E-state index contributed by atoms with van der Waals surface area (Å²) in [6, 6.07) is 0. The van der Waals surface area contributed by atoms with Crippen molar-refractivity contribution in [1.29, 1.82) is 0 Å². The van der Waals surface area contributed by atoms with Gasteiger partial charge in [-0.15, -0.1) is 0 Å². The van der Waals surface area contributed by atoms with Crippen LogP contribution in [-0.2, 0) is 4.79 Å². The number of amides is 1. The lowest BCUT2D eigenvalue weighted by Gasteiger charge is -2.21. The Balaban J connectivity index is 3.75. The lowest BCUT2D eigenvalue weighted by molar-refractivity contribution is -0.131. The lowest BCUT2D eigenvalue weighted by atomic mass is 10.1. The quantitative estimate of drug-likeness (QED) is 0.565. The summed E-state index contributed by atoms with van der Waals surface area (Å²) in [7, 11) is 0. The molecule has 0 aromatic rings. The number of rotatable bonds is 8. The van der Waals surface area contributed by atoms with E-state index < -0.39 is 0 Å². The average molecular weight is 213 g/mol. The van der Waals surface area contributed by atoms with Crippen molar-refractivity contribution in [2.24, 2.45) is 5.92 Å². The van der Waals surface area contributed by atoms with Crippen molar-refractivity contribution < 1.29 is 4.79 Å². The van der Waals surface area contributed by atoms with E-state index in [9.17, 15) is 4.79 Å². The van der Waals surface area contributed by atoms with Crippen LogP contribution in [0.5, 0.6) is 0 Å². The SMILES string of the molecule is CCCCCCN(CC)C(=O)CC(C)C. The van der Waals surface area contributed by atoms with Gasteiger partial charge in [0.25, 0.3) is 0 Å². The Hall–Kier alpha value is -0.530. The van der Waals surface area contributed by atoms with Gasteiger partial charge in [-0.1, -0.05) is 40.0 Å². The smallest absolute Gasteiger partial charge is 0.222 e. The van der Waals surface area contributed by atoms with Gasteiger partial charge in [0.15, 0.2) is 0 Å². The zero-order valence-electron chi connectivity index (χ0n) is 10.9. The number of carbonyl (C=O) groups is 1. The molecule has 0 aromatic heterocycles. The molecule has 90 valence electrons. The number of hydrogen-bond donors (Lipinski definition) is 0. The molecule has 0 aromatic carbocycles. The maximum atomic E-state index is 11.8. The Morgan fingerprint density at radius 1 is 1.13 bits per heavy atom. The highest BCUT2D eigenvalue weighted by molar-refractivity contribution is 5.76. The molecule has 0 bridgehead atoms. The molecule has 2 nitrogen and oxygen atoms in total. The molecule has 0 spiro atoms. The van der Waals surface area contributed by atoms with Gasteiger partial charge in [-0.05, 0) is 19.3 Å². The summed E-state index contributed by atoms with van der Waals surface area (Å²) in [5.74, 6) is 0.797. The first-order chi connectivity index (χ1) is 7.11. The molecule has 1 amide bonds. The fourth-order valence-electron chi connectivity index (χ4n) is 1.67. The second kappa shape index (κ2) is 8.75. The van der Waals surface area contributed by atoms with E-state index in [1.54, 1.807) is 0 Å². The van der Waals surface area contributed by atoms with Crippen molar-refractivity contribution in [3.05, 3.63) is 0 Å². The maximum absolute atomic E-state index is 11.8. The monoisotopic (exact) mass is 213 g/mol. The van der Waals surface area contributed by atoms with Gasteiger partial charge < -0.3 is 4.90 Å². The van der Waals surface area contributed by atoms with Gasteiger partial charge in [-0.3, -0.25) is 4.79 Å². The van der Waals surface area contributed by atoms with Gasteiger partial charge in [0, 0.05) is 19.5 Å². The molecule has 0 unspecified atom stereocenters. The van der Waals surface area contributed by atoms with E-state index in [1.165, 1.54) is 19.3 Å². The molecule has 0 heterocycles. The maximum Gasteiger partial charge on any atom is 0.222 e. The molecule has 2 heteroatoms. The van der Waals surface area contributed by atoms with Gasteiger partial charge >= 0.3 is 0 Å². The van der Waals surface area contributed by atoms with E-state index in [0.717, 1.165) is 19.5 Å². The molecule has 0 aliphatic rings. The topological polar surface area (TPSA) is 20.3 Å². The minimum atomic E-state index is 0.323. The van der Waals surface area contributed by atoms with Crippen molar-refractivity contribution >= 4 is 5.91 Å². The van der Waals surface area contributed by atoms with Crippen LogP contribution >= 0.6 is 0 Å². The Kier molecular flexibility index (Phi) is 8.44. The first-order valence-corrected chi connectivity index (χ1v) is 6.39. The third kappa shape index (κ3) is 7.40. The number of nitrogens with zero attached hydrogens (tertiary/aromatic N) is 1. The largest absolute Gasteiger partial charge is 0.343 e. The first kappa shape index (κ1) is 14.5. The molecule has 15 heavy (non-hydrogen) atoms. The minimum absolute atomic E-state index is 0.323. The number of hydrogen-bond acceptors (Lipinski definition) is 1. The van der Waals surface area contributed by atoms with E-state index in [4.69, 9.17) is 0 Å². The summed E-state index contributed by atoms with van der Waals surface area (Å²) in [4.78, 5) is 13.8. The zero-order valence-corrected chi connectivity index (χ0v) is 10.9. The van der Waals surface area contributed by atoms with Gasteiger partial charge in [0.2, 0.25) is 5.91 Å². The zero-order chi connectivity index (χ0) is 11.7. The molecular weight excluding hydrogens is 186 g/mol. The van der Waals surface area contributed by atoms with Gasteiger partial charge in [-0.25, -0.2) is 0 Å². The molecule has 0 rings (SSSR count). The first-order valence-electron chi connectivity index (χ1n) is 6.39. The van der Waals surface area contributed by atoms with Gasteiger partial charge in [-0.2, -0.15) is 0 Å². The van der Waals surface area contributed by atoms with Crippen LogP contribution in [0.1, 0.15) is 59.8 Å². The van der Waals surface area contributed by atoms with Crippen molar-refractivity contribution in [2.75, 3.05) is 13.1 Å². The van der Waals surface area contributed by atoms with Crippen LogP contribution in [-0.4, -0.2) is 23.9 Å². The molecule has 0 saturated heterocycles. The Morgan fingerprint density at radius 3 is 2.27 bits per heavy atom. The van der Waals surface area contributed by atoms with Gasteiger partial charge in [0.1, 0.15) is 0 Å². The third-order valence-corrected chi connectivity index (χ3v) is 2.60. The van der Waals surface area contributed by atoms with E-state index in [1.807, 2.05) is 4.90 Å². The van der Waals surface area contributed by atoms with E-state index in [-0.39, 0.29) is 0 Å². The normalized spacial score (nSPS) is 10.7. The summed E-state index contributed by atoms with van der Waals surface area (Å²) in [6.45, 7) is 10.3. The van der Waals surface area contributed by atoms with Crippen molar-refractivity contribution in [3.8, 4) is 0 Å².